The smallest absolute Gasteiger partial charge is 0.411 e. The average molecular weight is 859 g/mol. The Hall–Kier alpha value is -4.17. The number of rotatable bonds is 11. The summed E-state index contributed by atoms with van der Waals surface area (Å²) in [7, 11) is 5.72. The Morgan fingerprint density at radius 1 is 1.05 bits per heavy atom. The van der Waals surface area contributed by atoms with E-state index in [1.54, 1.807) is 32.8 Å². The number of carbonyl (C=O) groups is 4. The number of cyclic esters (lactones) is 1. The number of amides is 2. The summed E-state index contributed by atoms with van der Waals surface area (Å²) in [5.74, 6) is -3.29. The van der Waals surface area contributed by atoms with E-state index in [2.05, 4.69) is 41.9 Å². The lowest BCUT2D eigenvalue weighted by Gasteiger charge is -2.45. The van der Waals surface area contributed by atoms with Gasteiger partial charge in [-0.25, -0.2) is 4.79 Å². The van der Waals surface area contributed by atoms with Crippen molar-refractivity contribution in [3.63, 3.8) is 0 Å². The lowest BCUT2D eigenvalue weighted by molar-refractivity contribution is -0.262. The second-order valence-corrected chi connectivity index (χ2v) is 18.9. The molecule has 4 aliphatic rings. The van der Waals surface area contributed by atoms with Crippen molar-refractivity contribution >= 4 is 40.7 Å². The third-order valence-corrected chi connectivity index (χ3v) is 14.3. The predicted octanol–water partition coefficient (Wildman–Crippen LogP) is 7.46. The number of esters is 1. The maximum Gasteiger partial charge on any atom is 0.411 e. The number of methoxy groups -OCH3 is 1. The van der Waals surface area contributed by atoms with Crippen LogP contribution in [0, 0.1) is 23.7 Å². The van der Waals surface area contributed by atoms with Crippen LogP contribution in [0.4, 0.5) is 4.79 Å². The number of aromatic nitrogens is 1. The molecular formula is C49H70N4O9. The molecule has 13 atom stereocenters. The molecule has 13 nitrogen and oxygen atoms in total. The van der Waals surface area contributed by atoms with Gasteiger partial charge in [-0.05, 0) is 91.1 Å². The Morgan fingerprint density at radius 3 is 2.45 bits per heavy atom. The van der Waals surface area contributed by atoms with Gasteiger partial charge in [0.25, 0.3) is 0 Å². The number of fused-ring (bicyclic) bond motifs is 2. The van der Waals surface area contributed by atoms with Crippen molar-refractivity contribution in [2.75, 3.05) is 34.3 Å². The molecule has 13 heteroatoms. The number of carbonyl (C=O) groups excluding carboxylic acids is 4. The van der Waals surface area contributed by atoms with E-state index in [1.807, 2.05) is 83.2 Å². The largest absolute Gasteiger partial charge is 0.458 e. The third kappa shape index (κ3) is 9.81. The van der Waals surface area contributed by atoms with Gasteiger partial charge >= 0.3 is 12.1 Å². The van der Waals surface area contributed by atoms with Crippen LogP contribution < -0.4 is 0 Å². The van der Waals surface area contributed by atoms with E-state index in [9.17, 15) is 19.2 Å². The van der Waals surface area contributed by atoms with Crippen LogP contribution in [-0.4, -0.2) is 132 Å². The van der Waals surface area contributed by atoms with Crippen molar-refractivity contribution in [2.24, 2.45) is 23.7 Å². The SMILES string of the molecule is CC[C@H]1OC(=O)[C@H](C)C(=O)[C@H](C)[C@@H](O[C@H]2C[C@@H](N(C)C)C[C@@H](C)O2)[C@](C)(OC)C[C@@H](C)/C(=C\CN(CC/C=C/c2cnc3ccccc3c2)C(C)=O)[C@H](C)[C@H]2C3N2C(=O)O[C@@]31C. The summed E-state index contributed by atoms with van der Waals surface area (Å²) in [6.07, 6.45) is 8.25. The maximum absolute atomic E-state index is 14.5. The lowest BCUT2D eigenvalue weighted by Crippen LogP contribution is -2.54. The second kappa shape index (κ2) is 19.3. The molecule has 4 saturated heterocycles. The summed E-state index contributed by atoms with van der Waals surface area (Å²) in [5, 5.41) is 1.07. The molecule has 1 aromatic carbocycles. The number of ketones is 1. The zero-order valence-electron chi connectivity index (χ0n) is 39.0. The molecule has 0 aliphatic carbocycles. The molecule has 62 heavy (non-hydrogen) atoms. The first-order chi connectivity index (χ1) is 29.3. The Balaban J connectivity index is 1.34. The van der Waals surface area contributed by atoms with E-state index < -0.39 is 53.6 Å². The van der Waals surface area contributed by atoms with Gasteiger partial charge in [0.05, 0.1) is 35.4 Å². The molecule has 6 rings (SSSR count). The van der Waals surface area contributed by atoms with E-state index in [1.165, 1.54) is 0 Å². The molecular weight excluding hydrogens is 789 g/mol. The monoisotopic (exact) mass is 859 g/mol. The molecule has 0 saturated carbocycles. The third-order valence-electron chi connectivity index (χ3n) is 14.3. The first-order valence-electron chi connectivity index (χ1n) is 22.6. The van der Waals surface area contributed by atoms with Crippen molar-refractivity contribution in [3.8, 4) is 0 Å². The maximum atomic E-state index is 14.5. The minimum absolute atomic E-state index is 0.0507. The summed E-state index contributed by atoms with van der Waals surface area (Å²) in [5.41, 5.74) is 0.803. The minimum Gasteiger partial charge on any atom is -0.458 e. The Kier molecular flexibility index (Phi) is 14.7. The highest BCUT2D eigenvalue weighted by Crippen LogP contribution is 2.54. The van der Waals surface area contributed by atoms with Crippen molar-refractivity contribution in [3.05, 3.63) is 59.8 Å². The van der Waals surface area contributed by atoms with Gasteiger partial charge in [-0.2, -0.15) is 0 Å². The normalized spacial score (nSPS) is 36.3. The molecule has 0 spiro atoms. The van der Waals surface area contributed by atoms with Crippen LogP contribution in [0.25, 0.3) is 17.0 Å². The van der Waals surface area contributed by atoms with E-state index in [0.717, 1.165) is 28.5 Å². The topological polar surface area (TPSA) is 137 Å². The van der Waals surface area contributed by atoms with Crippen molar-refractivity contribution < 1.29 is 42.9 Å². The van der Waals surface area contributed by atoms with Gasteiger partial charge in [-0.15, -0.1) is 0 Å². The standard InChI is InChI=1S/C49H70N4O9/c1-13-40-49(9)44-42(53(44)47(57)62-49)31(4)38(21-23-52(34(7)54)22-17-16-18-35-25-36-19-14-15-20-39(36)50-28-35)29(2)27-48(8,58-12)45(32(5)43(55)33(6)46(56)60-40)61-41-26-37(51(10)11)24-30(3)59-41/h14-16,18-21,25,28-33,37,40-42,44-45H,13,17,22-24,26-27H2,1-12H3/b18-16+,38-21+/t29-,30-,31+,32+,33-,37+,40-,41+,42+,44?,45-,48-,49-,53?/m1/s1. The highest BCUT2D eigenvalue weighted by molar-refractivity contribution is 6.00. The predicted molar refractivity (Wildman–Crippen MR) is 238 cm³/mol. The molecule has 1 unspecified atom stereocenters. The molecule has 5 heterocycles. The Morgan fingerprint density at radius 2 is 1.77 bits per heavy atom. The fraction of sp³-hybridized carbons (Fsp3) is 0.653. The van der Waals surface area contributed by atoms with Gasteiger partial charge < -0.3 is 33.5 Å². The average Bonchev–Trinajstić information content (AvgIpc) is 3.95. The number of hydrogen-bond donors (Lipinski definition) is 0. The van der Waals surface area contributed by atoms with Crippen LogP contribution >= 0.6 is 0 Å². The Bertz CT molecular complexity index is 2020. The molecule has 4 fully saturated rings. The number of para-hydroxylation sites is 1. The van der Waals surface area contributed by atoms with Gasteiger partial charge in [0.1, 0.15) is 12.0 Å². The number of nitrogens with zero attached hydrogens (tertiary/aromatic N) is 4. The number of pyridine rings is 1. The quantitative estimate of drug-likeness (QED) is 0.0965. The fourth-order valence-corrected chi connectivity index (χ4v) is 10.5. The summed E-state index contributed by atoms with van der Waals surface area (Å²) >= 11 is 0. The van der Waals surface area contributed by atoms with Crippen LogP contribution in [0.15, 0.2) is 54.3 Å². The second-order valence-electron chi connectivity index (χ2n) is 18.9. The molecule has 340 valence electrons. The van der Waals surface area contributed by atoms with Crippen LogP contribution in [-0.2, 0) is 38.1 Å². The molecule has 1 aromatic heterocycles. The number of Topliss-reactive ketones (excluding diaryl/α,β-unsaturated/α-hetero) is 1. The van der Waals surface area contributed by atoms with E-state index >= 15 is 0 Å². The van der Waals surface area contributed by atoms with Gasteiger partial charge in [-0.1, -0.05) is 69.7 Å². The number of ether oxygens (including phenoxy) is 5. The molecule has 0 radical (unpaired) electrons. The summed E-state index contributed by atoms with van der Waals surface area (Å²) in [6.45, 7) is 17.8. The van der Waals surface area contributed by atoms with E-state index in [0.29, 0.717) is 38.8 Å². The zero-order chi connectivity index (χ0) is 45.3. The van der Waals surface area contributed by atoms with Crippen molar-refractivity contribution in [1.82, 2.24) is 19.7 Å². The summed E-state index contributed by atoms with van der Waals surface area (Å²) in [4.78, 5) is 65.5. The highest BCUT2D eigenvalue weighted by Gasteiger charge is 2.73. The Labute approximate surface area is 368 Å². The lowest BCUT2D eigenvalue weighted by atomic mass is 9.74. The molecule has 4 aliphatic heterocycles. The van der Waals surface area contributed by atoms with E-state index in [-0.39, 0.29) is 47.8 Å². The number of benzene rings is 1. The molecule has 0 bridgehead atoms. The number of hydrogen-bond acceptors (Lipinski definition) is 11. The van der Waals surface area contributed by atoms with Crippen LogP contribution in [0.2, 0.25) is 0 Å². The van der Waals surface area contributed by atoms with Crippen molar-refractivity contribution in [2.45, 2.75) is 148 Å². The molecule has 0 N–H and O–H groups in total. The molecule has 2 amide bonds. The first-order valence-corrected chi connectivity index (χ1v) is 22.6. The van der Waals surface area contributed by atoms with Crippen LogP contribution in [0.1, 0.15) is 100.0 Å². The fourth-order valence-electron chi connectivity index (χ4n) is 10.5. The van der Waals surface area contributed by atoms with Crippen molar-refractivity contribution in [1.29, 1.82) is 0 Å². The van der Waals surface area contributed by atoms with Crippen LogP contribution in [0.3, 0.4) is 0 Å². The minimum atomic E-state index is -1.13. The van der Waals surface area contributed by atoms with Gasteiger partial charge in [0.15, 0.2) is 17.7 Å². The van der Waals surface area contributed by atoms with Gasteiger partial charge in [0, 0.05) is 63.0 Å². The summed E-state index contributed by atoms with van der Waals surface area (Å²) < 4.78 is 31.9. The summed E-state index contributed by atoms with van der Waals surface area (Å²) in [6, 6.07) is 9.72. The molecule has 2 aromatic rings. The van der Waals surface area contributed by atoms with E-state index in [4.69, 9.17) is 23.7 Å². The highest BCUT2D eigenvalue weighted by atomic mass is 16.7. The zero-order valence-corrected chi connectivity index (χ0v) is 39.0. The first kappa shape index (κ1) is 47.3. The van der Waals surface area contributed by atoms with Gasteiger partial charge in [-0.3, -0.25) is 24.3 Å². The van der Waals surface area contributed by atoms with Gasteiger partial charge in [0.2, 0.25) is 5.91 Å². The van der Waals surface area contributed by atoms with Crippen LogP contribution in [0.5, 0.6) is 0 Å².